The van der Waals surface area contributed by atoms with Crippen LogP contribution < -0.4 is 0 Å². The summed E-state index contributed by atoms with van der Waals surface area (Å²) in [5.74, 6) is 0.0374. The predicted octanol–water partition coefficient (Wildman–Crippen LogP) is 1.71. The summed E-state index contributed by atoms with van der Waals surface area (Å²) in [4.78, 5) is 11.7. The maximum absolute atomic E-state index is 11.7. The Morgan fingerprint density at radius 2 is 1.83 bits per heavy atom. The molecule has 0 aliphatic heterocycles. The molecule has 4 nitrogen and oxygen atoms in total. The number of ether oxygens (including phenoxy) is 1. The smallest absolute Gasteiger partial charge is 0.162 e. The van der Waals surface area contributed by atoms with Gasteiger partial charge < -0.3 is 4.74 Å². The van der Waals surface area contributed by atoms with Crippen LogP contribution in [0.1, 0.15) is 23.2 Å². The lowest BCUT2D eigenvalue weighted by molar-refractivity contribution is 0.0982. The van der Waals surface area contributed by atoms with Crippen molar-refractivity contribution in [2.24, 2.45) is 0 Å². The van der Waals surface area contributed by atoms with Gasteiger partial charge in [-0.05, 0) is 6.42 Å². The van der Waals surface area contributed by atoms with Gasteiger partial charge in [0.25, 0.3) is 0 Å². The zero-order valence-electron chi connectivity index (χ0n) is 10.5. The van der Waals surface area contributed by atoms with Crippen molar-refractivity contribution in [1.29, 1.82) is 0 Å². The Balaban J connectivity index is 2.36. The Hall–Kier alpha value is -1.20. The third-order valence-electron chi connectivity index (χ3n) is 2.55. The molecule has 0 spiro atoms. The Morgan fingerprint density at radius 3 is 2.44 bits per heavy atom. The molecule has 0 aromatic heterocycles. The van der Waals surface area contributed by atoms with E-state index in [0.29, 0.717) is 12.0 Å². The first-order valence-electron chi connectivity index (χ1n) is 5.83. The van der Waals surface area contributed by atoms with Crippen molar-refractivity contribution < 1.29 is 17.9 Å². The van der Waals surface area contributed by atoms with E-state index >= 15 is 0 Å². The summed E-state index contributed by atoms with van der Waals surface area (Å²) in [5.41, 5.74) is 0.631. The number of carbonyl (C=O) groups is 1. The molecular weight excluding hydrogens is 252 g/mol. The van der Waals surface area contributed by atoms with Gasteiger partial charge in [-0.15, -0.1) is 0 Å². The van der Waals surface area contributed by atoms with Gasteiger partial charge in [0.05, 0.1) is 18.1 Å². The Kier molecular flexibility index (Phi) is 6.01. The maximum atomic E-state index is 11.7. The molecule has 0 radical (unpaired) electrons. The van der Waals surface area contributed by atoms with Crippen molar-refractivity contribution >= 4 is 15.6 Å². The molecule has 0 aliphatic rings. The summed E-state index contributed by atoms with van der Waals surface area (Å²) in [7, 11) is -1.63. The van der Waals surface area contributed by atoms with Crippen molar-refractivity contribution in [1.82, 2.24) is 0 Å². The molecule has 1 aromatic rings. The van der Waals surface area contributed by atoms with Crippen molar-refractivity contribution in [2.75, 3.05) is 25.2 Å². The van der Waals surface area contributed by atoms with E-state index in [9.17, 15) is 13.2 Å². The van der Waals surface area contributed by atoms with Gasteiger partial charge in [0.2, 0.25) is 0 Å². The first-order valence-corrected chi connectivity index (χ1v) is 7.65. The van der Waals surface area contributed by atoms with Crippen LogP contribution >= 0.6 is 0 Å². The van der Waals surface area contributed by atoms with Crippen LogP contribution in [0, 0.1) is 0 Å². The average molecular weight is 270 g/mol. The topological polar surface area (TPSA) is 60.4 Å². The van der Waals surface area contributed by atoms with Crippen molar-refractivity contribution in [2.45, 2.75) is 12.8 Å². The largest absolute Gasteiger partial charge is 0.384 e. The molecule has 0 bridgehead atoms. The molecule has 0 aliphatic carbocycles. The fourth-order valence-electron chi connectivity index (χ4n) is 1.53. The normalized spacial score (nSPS) is 11.4. The molecule has 0 heterocycles. The SMILES string of the molecule is COCCS(=O)(=O)CCCC(=O)c1ccccc1. The zero-order chi connectivity index (χ0) is 13.4. The van der Waals surface area contributed by atoms with E-state index in [1.807, 2.05) is 6.07 Å². The number of sulfone groups is 1. The van der Waals surface area contributed by atoms with Crippen LogP contribution in [0.2, 0.25) is 0 Å². The van der Waals surface area contributed by atoms with Crippen molar-refractivity contribution in [3.05, 3.63) is 35.9 Å². The minimum atomic E-state index is -3.10. The minimum absolute atomic E-state index is 0.0162. The molecule has 0 unspecified atom stereocenters. The second-order valence-corrected chi connectivity index (χ2v) is 6.34. The number of benzene rings is 1. The lowest BCUT2D eigenvalue weighted by Crippen LogP contribution is -2.15. The molecular formula is C13H18O4S. The summed E-state index contributed by atoms with van der Waals surface area (Å²) in [6, 6.07) is 8.90. The number of hydrogen-bond acceptors (Lipinski definition) is 4. The molecule has 0 saturated heterocycles. The van der Waals surface area contributed by atoms with E-state index < -0.39 is 9.84 Å². The lowest BCUT2D eigenvalue weighted by Gasteiger charge is -2.03. The van der Waals surface area contributed by atoms with Gasteiger partial charge in [-0.2, -0.15) is 0 Å². The second kappa shape index (κ2) is 7.28. The highest BCUT2D eigenvalue weighted by molar-refractivity contribution is 7.91. The van der Waals surface area contributed by atoms with Crippen LogP contribution in [-0.2, 0) is 14.6 Å². The van der Waals surface area contributed by atoms with Gasteiger partial charge in [0, 0.05) is 19.1 Å². The highest BCUT2D eigenvalue weighted by Crippen LogP contribution is 2.06. The van der Waals surface area contributed by atoms with E-state index in [0.717, 1.165) is 0 Å². The van der Waals surface area contributed by atoms with Crippen LogP contribution in [0.4, 0.5) is 0 Å². The molecule has 0 saturated carbocycles. The Labute approximate surface area is 108 Å². The summed E-state index contributed by atoms with van der Waals surface area (Å²) >= 11 is 0. The quantitative estimate of drug-likeness (QED) is 0.675. The van der Waals surface area contributed by atoms with Crippen LogP contribution in [-0.4, -0.2) is 39.4 Å². The number of ketones is 1. The number of carbonyl (C=O) groups excluding carboxylic acids is 1. The van der Waals surface area contributed by atoms with Gasteiger partial charge in [-0.3, -0.25) is 4.79 Å². The van der Waals surface area contributed by atoms with E-state index in [2.05, 4.69) is 0 Å². The van der Waals surface area contributed by atoms with Gasteiger partial charge in [-0.1, -0.05) is 30.3 Å². The van der Waals surface area contributed by atoms with Crippen LogP contribution in [0.5, 0.6) is 0 Å². The predicted molar refractivity (Wildman–Crippen MR) is 70.5 cm³/mol. The number of Topliss-reactive ketones (excluding diaryl/α,β-unsaturated/α-hetero) is 1. The number of methoxy groups -OCH3 is 1. The third kappa shape index (κ3) is 5.42. The number of hydrogen-bond donors (Lipinski definition) is 0. The van der Waals surface area contributed by atoms with E-state index in [1.165, 1.54) is 7.11 Å². The van der Waals surface area contributed by atoms with Gasteiger partial charge >= 0.3 is 0 Å². The van der Waals surface area contributed by atoms with Gasteiger partial charge in [0.15, 0.2) is 15.6 Å². The molecule has 0 amide bonds. The summed E-state index contributed by atoms with van der Waals surface area (Å²) < 4.78 is 27.8. The lowest BCUT2D eigenvalue weighted by atomic mass is 10.1. The zero-order valence-corrected chi connectivity index (χ0v) is 11.3. The molecule has 0 atom stereocenters. The Morgan fingerprint density at radius 1 is 1.17 bits per heavy atom. The molecule has 1 rings (SSSR count). The molecule has 1 aromatic carbocycles. The molecule has 100 valence electrons. The fourth-order valence-corrected chi connectivity index (χ4v) is 2.74. The first-order chi connectivity index (χ1) is 8.55. The van der Waals surface area contributed by atoms with Crippen molar-refractivity contribution in [3.8, 4) is 0 Å². The van der Waals surface area contributed by atoms with Crippen molar-refractivity contribution in [3.63, 3.8) is 0 Å². The number of rotatable bonds is 8. The standard InChI is InChI=1S/C13H18O4S/c1-17-9-11-18(15,16)10-5-8-13(14)12-6-3-2-4-7-12/h2-4,6-7H,5,8-11H2,1H3. The van der Waals surface area contributed by atoms with Gasteiger partial charge in [-0.25, -0.2) is 8.42 Å². The summed E-state index contributed by atoms with van der Waals surface area (Å²) in [5, 5.41) is 0. The highest BCUT2D eigenvalue weighted by Gasteiger charge is 2.12. The first kappa shape index (κ1) is 14.9. The maximum Gasteiger partial charge on any atom is 0.162 e. The molecule has 0 N–H and O–H groups in total. The molecule has 5 heteroatoms. The third-order valence-corrected chi connectivity index (χ3v) is 4.25. The molecule has 0 fully saturated rings. The van der Waals surface area contributed by atoms with E-state index in [-0.39, 0.29) is 30.3 Å². The van der Waals surface area contributed by atoms with Gasteiger partial charge in [0.1, 0.15) is 0 Å². The average Bonchev–Trinajstić information content (AvgIpc) is 2.37. The summed E-state index contributed by atoms with van der Waals surface area (Å²) in [6.07, 6.45) is 0.621. The van der Waals surface area contributed by atoms with Crippen LogP contribution in [0.3, 0.4) is 0 Å². The fraction of sp³-hybridized carbons (Fsp3) is 0.462. The minimum Gasteiger partial charge on any atom is -0.384 e. The second-order valence-electron chi connectivity index (χ2n) is 4.04. The van der Waals surface area contributed by atoms with Crippen LogP contribution in [0.25, 0.3) is 0 Å². The van der Waals surface area contributed by atoms with E-state index in [1.54, 1.807) is 24.3 Å². The summed E-state index contributed by atoms with van der Waals surface area (Å²) in [6.45, 7) is 0.203. The monoisotopic (exact) mass is 270 g/mol. The highest BCUT2D eigenvalue weighted by atomic mass is 32.2. The van der Waals surface area contributed by atoms with E-state index in [4.69, 9.17) is 4.74 Å². The molecule has 18 heavy (non-hydrogen) atoms. The van der Waals surface area contributed by atoms with Crippen LogP contribution in [0.15, 0.2) is 30.3 Å². The Bertz CT molecular complexity index is 465.